The predicted octanol–water partition coefficient (Wildman–Crippen LogP) is 2.87. The van der Waals surface area contributed by atoms with Crippen LogP contribution < -0.4 is 10.5 Å². The van der Waals surface area contributed by atoms with E-state index in [2.05, 4.69) is 18.2 Å². The summed E-state index contributed by atoms with van der Waals surface area (Å²) in [7, 11) is 1.68. The molecular formula is C13H15NO. The van der Waals surface area contributed by atoms with Crippen LogP contribution in [0.5, 0.6) is 5.75 Å². The summed E-state index contributed by atoms with van der Waals surface area (Å²) in [6.45, 7) is 2.00. The number of benzene rings is 2. The van der Waals surface area contributed by atoms with Crippen molar-refractivity contribution in [3.05, 3.63) is 42.0 Å². The van der Waals surface area contributed by atoms with Gasteiger partial charge in [0, 0.05) is 6.04 Å². The molecule has 0 bridgehead atoms. The minimum atomic E-state index is 0.0575. The van der Waals surface area contributed by atoms with E-state index in [1.54, 1.807) is 7.11 Å². The summed E-state index contributed by atoms with van der Waals surface area (Å²) in [5.74, 6) is 0.879. The van der Waals surface area contributed by atoms with Crippen LogP contribution in [0.25, 0.3) is 10.8 Å². The average Bonchev–Trinajstić information content (AvgIpc) is 2.27. The van der Waals surface area contributed by atoms with Gasteiger partial charge in [-0.15, -0.1) is 0 Å². The maximum absolute atomic E-state index is 5.92. The molecule has 0 fully saturated rings. The van der Waals surface area contributed by atoms with Gasteiger partial charge >= 0.3 is 0 Å². The fourth-order valence-corrected chi connectivity index (χ4v) is 1.81. The van der Waals surface area contributed by atoms with Crippen molar-refractivity contribution in [1.82, 2.24) is 0 Å². The number of nitrogens with two attached hydrogens (primary N) is 1. The van der Waals surface area contributed by atoms with Crippen LogP contribution in [0.4, 0.5) is 0 Å². The summed E-state index contributed by atoms with van der Waals surface area (Å²) < 4.78 is 5.19. The fourth-order valence-electron chi connectivity index (χ4n) is 1.81. The Bertz CT molecular complexity index is 477. The molecule has 0 amide bonds. The zero-order chi connectivity index (χ0) is 10.8. The van der Waals surface area contributed by atoms with E-state index in [0.717, 1.165) is 5.75 Å². The highest BCUT2D eigenvalue weighted by Crippen LogP contribution is 2.26. The Hall–Kier alpha value is -1.54. The van der Waals surface area contributed by atoms with Crippen LogP contribution in [-0.4, -0.2) is 7.11 Å². The van der Waals surface area contributed by atoms with Crippen molar-refractivity contribution in [2.75, 3.05) is 7.11 Å². The molecule has 0 saturated heterocycles. The van der Waals surface area contributed by atoms with Crippen LogP contribution in [0.15, 0.2) is 36.4 Å². The van der Waals surface area contributed by atoms with E-state index in [9.17, 15) is 0 Å². The molecule has 0 radical (unpaired) electrons. The maximum atomic E-state index is 5.92. The average molecular weight is 201 g/mol. The first-order valence-corrected chi connectivity index (χ1v) is 5.04. The first-order chi connectivity index (χ1) is 7.22. The van der Waals surface area contributed by atoms with Crippen molar-refractivity contribution in [2.24, 2.45) is 5.73 Å². The van der Waals surface area contributed by atoms with Gasteiger partial charge in [0.1, 0.15) is 5.75 Å². The topological polar surface area (TPSA) is 35.2 Å². The van der Waals surface area contributed by atoms with Crippen molar-refractivity contribution in [2.45, 2.75) is 13.0 Å². The molecule has 2 aromatic carbocycles. The summed E-state index contributed by atoms with van der Waals surface area (Å²) in [6.07, 6.45) is 0. The van der Waals surface area contributed by atoms with Crippen molar-refractivity contribution >= 4 is 10.8 Å². The van der Waals surface area contributed by atoms with Crippen LogP contribution >= 0.6 is 0 Å². The maximum Gasteiger partial charge on any atom is 0.119 e. The van der Waals surface area contributed by atoms with Crippen LogP contribution in [0, 0.1) is 0 Å². The van der Waals surface area contributed by atoms with E-state index in [1.807, 2.05) is 25.1 Å². The number of methoxy groups -OCH3 is 1. The molecule has 0 spiro atoms. The van der Waals surface area contributed by atoms with E-state index in [0.29, 0.717) is 0 Å². The Morgan fingerprint density at radius 2 is 2.00 bits per heavy atom. The van der Waals surface area contributed by atoms with E-state index < -0.39 is 0 Å². The molecular weight excluding hydrogens is 186 g/mol. The fraction of sp³-hybridized carbons (Fsp3) is 0.231. The second-order valence-electron chi connectivity index (χ2n) is 3.72. The molecule has 2 N–H and O–H groups in total. The minimum absolute atomic E-state index is 0.0575. The number of ether oxygens (including phenoxy) is 1. The molecule has 0 aliphatic rings. The Kier molecular flexibility index (Phi) is 2.60. The molecule has 0 saturated carbocycles. The number of hydrogen-bond acceptors (Lipinski definition) is 2. The summed E-state index contributed by atoms with van der Waals surface area (Å²) in [5, 5.41) is 2.37. The molecule has 0 heterocycles. The summed E-state index contributed by atoms with van der Waals surface area (Å²) in [4.78, 5) is 0. The predicted molar refractivity (Wildman–Crippen MR) is 63.1 cm³/mol. The highest BCUT2D eigenvalue weighted by molar-refractivity contribution is 5.87. The highest BCUT2D eigenvalue weighted by atomic mass is 16.5. The summed E-state index contributed by atoms with van der Waals surface area (Å²) in [6, 6.07) is 12.3. The van der Waals surface area contributed by atoms with Crippen LogP contribution in [0.3, 0.4) is 0 Å². The van der Waals surface area contributed by atoms with Gasteiger partial charge in [-0.3, -0.25) is 0 Å². The third-order valence-electron chi connectivity index (χ3n) is 2.61. The largest absolute Gasteiger partial charge is 0.497 e. The first-order valence-electron chi connectivity index (χ1n) is 5.04. The van der Waals surface area contributed by atoms with Gasteiger partial charge in [0.2, 0.25) is 0 Å². The normalized spacial score (nSPS) is 12.7. The van der Waals surface area contributed by atoms with Gasteiger partial charge in [0.15, 0.2) is 0 Å². The SMILES string of the molecule is COc1ccc2c(C(C)N)cccc2c1. The molecule has 0 aliphatic heterocycles. The lowest BCUT2D eigenvalue weighted by molar-refractivity contribution is 0.415. The molecule has 2 aromatic rings. The molecule has 2 rings (SSSR count). The minimum Gasteiger partial charge on any atom is -0.497 e. The van der Waals surface area contributed by atoms with Gasteiger partial charge in [-0.1, -0.05) is 24.3 Å². The van der Waals surface area contributed by atoms with Gasteiger partial charge in [-0.05, 0) is 35.4 Å². The van der Waals surface area contributed by atoms with Crippen LogP contribution in [0.2, 0.25) is 0 Å². The Morgan fingerprint density at radius 3 is 2.67 bits per heavy atom. The molecule has 1 unspecified atom stereocenters. The number of fused-ring (bicyclic) bond motifs is 1. The third-order valence-corrected chi connectivity index (χ3v) is 2.61. The van der Waals surface area contributed by atoms with Crippen LogP contribution in [-0.2, 0) is 0 Å². The molecule has 15 heavy (non-hydrogen) atoms. The van der Waals surface area contributed by atoms with Gasteiger partial charge < -0.3 is 10.5 Å². The van der Waals surface area contributed by atoms with Crippen molar-refractivity contribution in [3.63, 3.8) is 0 Å². The van der Waals surface area contributed by atoms with Gasteiger partial charge in [0.25, 0.3) is 0 Å². The Morgan fingerprint density at radius 1 is 1.20 bits per heavy atom. The molecule has 2 heteroatoms. The summed E-state index contributed by atoms with van der Waals surface area (Å²) >= 11 is 0. The lowest BCUT2D eigenvalue weighted by Gasteiger charge is -2.10. The second kappa shape index (κ2) is 3.91. The standard InChI is InChI=1S/C13H15NO/c1-9(14)12-5-3-4-10-8-11(15-2)6-7-13(10)12/h3-9H,14H2,1-2H3. The van der Waals surface area contributed by atoms with Crippen LogP contribution in [0.1, 0.15) is 18.5 Å². The van der Waals surface area contributed by atoms with Gasteiger partial charge in [-0.25, -0.2) is 0 Å². The zero-order valence-corrected chi connectivity index (χ0v) is 9.03. The van der Waals surface area contributed by atoms with Crippen molar-refractivity contribution in [3.8, 4) is 5.75 Å². The molecule has 1 atom stereocenters. The highest BCUT2D eigenvalue weighted by Gasteiger charge is 2.05. The van der Waals surface area contributed by atoms with E-state index in [4.69, 9.17) is 10.5 Å². The monoisotopic (exact) mass is 201 g/mol. The molecule has 0 aromatic heterocycles. The summed E-state index contributed by atoms with van der Waals surface area (Å²) in [5.41, 5.74) is 7.10. The van der Waals surface area contributed by atoms with Gasteiger partial charge in [-0.2, -0.15) is 0 Å². The molecule has 0 aliphatic carbocycles. The lowest BCUT2D eigenvalue weighted by Crippen LogP contribution is -2.05. The number of rotatable bonds is 2. The quantitative estimate of drug-likeness (QED) is 0.810. The Balaban J connectivity index is 2.67. The smallest absolute Gasteiger partial charge is 0.119 e. The van der Waals surface area contributed by atoms with Gasteiger partial charge in [0.05, 0.1) is 7.11 Å². The first kappa shape index (κ1) is 9.99. The molecule has 2 nitrogen and oxygen atoms in total. The van der Waals surface area contributed by atoms with Crippen molar-refractivity contribution in [1.29, 1.82) is 0 Å². The zero-order valence-electron chi connectivity index (χ0n) is 9.03. The van der Waals surface area contributed by atoms with Crippen molar-refractivity contribution < 1.29 is 4.74 Å². The van der Waals surface area contributed by atoms with E-state index in [1.165, 1.54) is 16.3 Å². The Labute approximate surface area is 89.7 Å². The number of hydrogen-bond donors (Lipinski definition) is 1. The van der Waals surface area contributed by atoms with E-state index >= 15 is 0 Å². The molecule has 78 valence electrons. The second-order valence-corrected chi connectivity index (χ2v) is 3.72. The lowest BCUT2D eigenvalue weighted by atomic mass is 10.00. The third kappa shape index (κ3) is 1.81. The van der Waals surface area contributed by atoms with E-state index in [-0.39, 0.29) is 6.04 Å².